The molecule has 1 aromatic carbocycles. The number of hydrogen-bond acceptors (Lipinski definition) is 2. The maximum atomic E-state index is 11.6. The van der Waals surface area contributed by atoms with Crippen molar-refractivity contribution in [2.45, 2.75) is 26.2 Å². The second kappa shape index (κ2) is 3.45. The van der Waals surface area contributed by atoms with Gasteiger partial charge in [-0.15, -0.1) is 0 Å². The Morgan fingerprint density at radius 2 is 2.14 bits per heavy atom. The van der Waals surface area contributed by atoms with E-state index in [-0.39, 0.29) is 5.78 Å². The standard InChI is InChI=1S/C12H15NO/c1-8(2)9-3-4-11-10(7-9)12(14)5-6-13-11/h3-4,7-8,13H,5-6H2,1-2H3. The van der Waals surface area contributed by atoms with Gasteiger partial charge in [0.15, 0.2) is 5.78 Å². The van der Waals surface area contributed by atoms with Crippen LogP contribution >= 0.6 is 0 Å². The van der Waals surface area contributed by atoms with Crippen LogP contribution in [-0.2, 0) is 0 Å². The lowest BCUT2D eigenvalue weighted by molar-refractivity contribution is 0.0983. The molecule has 0 radical (unpaired) electrons. The van der Waals surface area contributed by atoms with Gasteiger partial charge in [0.25, 0.3) is 0 Å². The van der Waals surface area contributed by atoms with Crippen molar-refractivity contribution in [3.8, 4) is 0 Å². The van der Waals surface area contributed by atoms with E-state index in [2.05, 4.69) is 25.2 Å². The molecular formula is C12H15NO. The minimum absolute atomic E-state index is 0.265. The van der Waals surface area contributed by atoms with Crippen molar-refractivity contribution in [2.24, 2.45) is 0 Å². The Labute approximate surface area is 84.3 Å². The lowest BCUT2D eigenvalue weighted by atomic mass is 9.95. The van der Waals surface area contributed by atoms with E-state index in [1.165, 1.54) is 5.56 Å². The van der Waals surface area contributed by atoms with E-state index < -0.39 is 0 Å². The Bertz CT molecular complexity index is 369. The third kappa shape index (κ3) is 1.52. The molecule has 2 heteroatoms. The number of nitrogens with one attached hydrogen (secondary N) is 1. The molecule has 1 N–H and O–H groups in total. The Morgan fingerprint density at radius 1 is 1.36 bits per heavy atom. The van der Waals surface area contributed by atoms with E-state index in [1.807, 2.05) is 12.1 Å². The molecule has 0 saturated heterocycles. The van der Waals surface area contributed by atoms with E-state index in [4.69, 9.17) is 0 Å². The van der Waals surface area contributed by atoms with E-state index in [1.54, 1.807) is 0 Å². The number of fused-ring (bicyclic) bond motifs is 1. The number of carbonyl (C=O) groups excluding carboxylic acids is 1. The van der Waals surface area contributed by atoms with Crippen molar-refractivity contribution in [1.29, 1.82) is 0 Å². The summed E-state index contributed by atoms with van der Waals surface area (Å²) in [7, 11) is 0. The van der Waals surface area contributed by atoms with Crippen LogP contribution in [0, 0.1) is 0 Å². The minimum Gasteiger partial charge on any atom is -0.384 e. The van der Waals surface area contributed by atoms with Gasteiger partial charge in [-0.3, -0.25) is 4.79 Å². The molecule has 0 spiro atoms. The Hall–Kier alpha value is -1.31. The van der Waals surface area contributed by atoms with Crippen LogP contribution in [-0.4, -0.2) is 12.3 Å². The number of hydrogen-bond donors (Lipinski definition) is 1. The monoisotopic (exact) mass is 189 g/mol. The van der Waals surface area contributed by atoms with Gasteiger partial charge in [0.2, 0.25) is 0 Å². The number of ketones is 1. The topological polar surface area (TPSA) is 29.1 Å². The van der Waals surface area contributed by atoms with Crippen LogP contribution in [0.4, 0.5) is 5.69 Å². The SMILES string of the molecule is CC(C)c1ccc2c(c1)C(=O)CCN2. The van der Waals surface area contributed by atoms with Crippen molar-refractivity contribution in [1.82, 2.24) is 0 Å². The molecule has 0 saturated carbocycles. The van der Waals surface area contributed by atoms with Crippen molar-refractivity contribution in [2.75, 3.05) is 11.9 Å². The van der Waals surface area contributed by atoms with Gasteiger partial charge in [0, 0.05) is 24.2 Å². The molecule has 2 nitrogen and oxygen atoms in total. The number of rotatable bonds is 1. The average Bonchev–Trinajstić information content (AvgIpc) is 2.18. The largest absolute Gasteiger partial charge is 0.384 e. The quantitative estimate of drug-likeness (QED) is 0.736. The highest BCUT2D eigenvalue weighted by molar-refractivity contribution is 6.03. The Balaban J connectivity index is 2.46. The van der Waals surface area contributed by atoms with Crippen molar-refractivity contribution >= 4 is 11.5 Å². The summed E-state index contributed by atoms with van der Waals surface area (Å²) in [4.78, 5) is 11.6. The molecule has 0 aliphatic carbocycles. The summed E-state index contributed by atoms with van der Waals surface area (Å²) < 4.78 is 0. The fourth-order valence-corrected chi connectivity index (χ4v) is 1.75. The summed E-state index contributed by atoms with van der Waals surface area (Å²) in [5, 5.41) is 3.24. The molecule has 0 amide bonds. The van der Waals surface area contributed by atoms with Crippen LogP contribution in [0.2, 0.25) is 0 Å². The van der Waals surface area contributed by atoms with E-state index >= 15 is 0 Å². The summed E-state index contributed by atoms with van der Waals surface area (Å²) >= 11 is 0. The first-order valence-corrected chi connectivity index (χ1v) is 5.09. The molecule has 14 heavy (non-hydrogen) atoms. The lowest BCUT2D eigenvalue weighted by Crippen LogP contribution is -2.18. The highest BCUT2D eigenvalue weighted by atomic mass is 16.1. The maximum Gasteiger partial charge on any atom is 0.166 e. The van der Waals surface area contributed by atoms with Gasteiger partial charge in [0.05, 0.1) is 0 Å². The number of Topliss-reactive ketones (excluding diaryl/α,β-unsaturated/α-hetero) is 1. The first kappa shape index (κ1) is 9.25. The minimum atomic E-state index is 0.265. The molecule has 74 valence electrons. The summed E-state index contributed by atoms with van der Waals surface area (Å²) in [6.07, 6.45) is 0.620. The second-order valence-corrected chi connectivity index (χ2v) is 4.06. The number of carbonyl (C=O) groups is 1. The van der Waals surface area contributed by atoms with Crippen molar-refractivity contribution in [3.63, 3.8) is 0 Å². The van der Waals surface area contributed by atoms with E-state index in [0.29, 0.717) is 12.3 Å². The number of anilines is 1. The van der Waals surface area contributed by atoms with Crippen LogP contribution in [0.3, 0.4) is 0 Å². The van der Waals surface area contributed by atoms with Crippen LogP contribution < -0.4 is 5.32 Å². The summed E-state index contributed by atoms with van der Waals surface area (Å²) in [6, 6.07) is 6.13. The van der Waals surface area contributed by atoms with Crippen molar-refractivity contribution in [3.05, 3.63) is 29.3 Å². The highest BCUT2D eigenvalue weighted by Gasteiger charge is 2.17. The van der Waals surface area contributed by atoms with Crippen molar-refractivity contribution < 1.29 is 4.79 Å². The van der Waals surface area contributed by atoms with E-state index in [9.17, 15) is 4.79 Å². The van der Waals surface area contributed by atoms with Gasteiger partial charge in [0.1, 0.15) is 0 Å². The Morgan fingerprint density at radius 3 is 2.86 bits per heavy atom. The highest BCUT2D eigenvalue weighted by Crippen LogP contribution is 2.25. The fourth-order valence-electron chi connectivity index (χ4n) is 1.75. The molecule has 0 atom stereocenters. The average molecular weight is 189 g/mol. The Kier molecular flexibility index (Phi) is 2.28. The zero-order valence-corrected chi connectivity index (χ0v) is 8.63. The molecular weight excluding hydrogens is 174 g/mol. The molecule has 0 fully saturated rings. The smallest absolute Gasteiger partial charge is 0.166 e. The molecule has 1 aromatic rings. The fraction of sp³-hybridized carbons (Fsp3) is 0.417. The molecule has 1 aliphatic rings. The first-order chi connectivity index (χ1) is 6.68. The lowest BCUT2D eigenvalue weighted by Gasteiger charge is -2.18. The molecule has 0 unspecified atom stereocenters. The zero-order valence-electron chi connectivity index (χ0n) is 8.63. The summed E-state index contributed by atoms with van der Waals surface area (Å²) in [5.74, 6) is 0.747. The summed E-state index contributed by atoms with van der Waals surface area (Å²) in [5.41, 5.74) is 3.09. The van der Waals surface area contributed by atoms with Gasteiger partial charge >= 0.3 is 0 Å². The first-order valence-electron chi connectivity index (χ1n) is 5.09. The van der Waals surface area contributed by atoms with Gasteiger partial charge in [-0.1, -0.05) is 19.9 Å². The maximum absolute atomic E-state index is 11.6. The van der Waals surface area contributed by atoms with Gasteiger partial charge in [-0.05, 0) is 23.6 Å². The molecule has 1 aliphatic heterocycles. The third-order valence-corrected chi connectivity index (χ3v) is 2.68. The summed E-state index contributed by atoms with van der Waals surface area (Å²) in [6.45, 7) is 5.05. The third-order valence-electron chi connectivity index (χ3n) is 2.68. The number of benzene rings is 1. The molecule has 0 aromatic heterocycles. The normalized spacial score (nSPS) is 15.2. The predicted octanol–water partition coefficient (Wildman–Crippen LogP) is 2.81. The van der Waals surface area contributed by atoms with Gasteiger partial charge in [-0.2, -0.15) is 0 Å². The van der Waals surface area contributed by atoms with Crippen LogP contribution in [0.15, 0.2) is 18.2 Å². The van der Waals surface area contributed by atoms with Crippen LogP contribution in [0.25, 0.3) is 0 Å². The second-order valence-electron chi connectivity index (χ2n) is 4.06. The van der Waals surface area contributed by atoms with Crippen LogP contribution in [0.5, 0.6) is 0 Å². The molecule has 2 rings (SSSR count). The van der Waals surface area contributed by atoms with E-state index in [0.717, 1.165) is 17.8 Å². The zero-order chi connectivity index (χ0) is 10.1. The van der Waals surface area contributed by atoms with Crippen LogP contribution in [0.1, 0.15) is 42.1 Å². The molecule has 1 heterocycles. The predicted molar refractivity (Wildman–Crippen MR) is 58.0 cm³/mol. The van der Waals surface area contributed by atoms with Gasteiger partial charge in [-0.25, -0.2) is 0 Å². The van der Waals surface area contributed by atoms with Gasteiger partial charge < -0.3 is 5.32 Å². The molecule has 0 bridgehead atoms.